The third-order valence-electron chi connectivity index (χ3n) is 4.46. The largest absolute Gasteiger partial charge is 0.329 e. The number of benzene rings is 1. The van der Waals surface area contributed by atoms with Crippen LogP contribution >= 0.6 is 11.3 Å². The molecule has 134 valence electrons. The Kier molecular flexibility index (Phi) is 6.55. The maximum Gasteiger partial charge on any atom is 0.240 e. The first-order valence-electron chi connectivity index (χ1n) is 8.99. The van der Waals surface area contributed by atoms with Gasteiger partial charge in [0.05, 0.1) is 12.2 Å². The summed E-state index contributed by atoms with van der Waals surface area (Å²) in [5.74, 6) is -0.00684. The zero-order chi connectivity index (χ0) is 17.5. The Morgan fingerprint density at radius 2 is 2.00 bits per heavy atom. The molecule has 3 rings (SSSR count). The van der Waals surface area contributed by atoms with Crippen LogP contribution in [0.15, 0.2) is 30.3 Å². The van der Waals surface area contributed by atoms with Crippen molar-refractivity contribution in [3.8, 4) is 0 Å². The molecule has 2 aromatic rings. The molecular formula is C19H26N4OS. The predicted molar refractivity (Wildman–Crippen MR) is 103 cm³/mol. The minimum atomic E-state index is -0.00684. The number of fused-ring (bicyclic) bond motifs is 1. The number of aromatic nitrogens is 1. The van der Waals surface area contributed by atoms with E-state index in [0.29, 0.717) is 19.6 Å². The fourth-order valence-corrected chi connectivity index (χ4v) is 4.22. The molecule has 0 bridgehead atoms. The molecule has 0 aliphatic heterocycles. The summed E-state index contributed by atoms with van der Waals surface area (Å²) in [7, 11) is 0. The van der Waals surface area contributed by atoms with Crippen molar-refractivity contribution in [2.45, 2.75) is 32.1 Å². The normalized spacial score (nSPS) is 13.7. The van der Waals surface area contributed by atoms with Crippen LogP contribution in [0.5, 0.6) is 0 Å². The van der Waals surface area contributed by atoms with E-state index in [-0.39, 0.29) is 5.91 Å². The molecule has 6 heteroatoms. The molecule has 0 unspecified atom stereocenters. The number of hydrogen-bond donors (Lipinski definition) is 2. The summed E-state index contributed by atoms with van der Waals surface area (Å²) in [6, 6.07) is 10.3. The van der Waals surface area contributed by atoms with Crippen molar-refractivity contribution < 1.29 is 4.79 Å². The zero-order valence-electron chi connectivity index (χ0n) is 14.5. The molecule has 0 saturated carbocycles. The first kappa shape index (κ1) is 18.0. The number of carbonyl (C=O) groups excluding carboxylic acids is 1. The lowest BCUT2D eigenvalue weighted by Crippen LogP contribution is -2.37. The molecule has 0 saturated heterocycles. The van der Waals surface area contributed by atoms with Crippen LogP contribution in [0, 0.1) is 0 Å². The van der Waals surface area contributed by atoms with Gasteiger partial charge in [-0.25, -0.2) is 4.98 Å². The molecule has 0 spiro atoms. The molecule has 1 amide bonds. The second kappa shape index (κ2) is 9.08. The number of anilines is 1. The van der Waals surface area contributed by atoms with Crippen LogP contribution in [-0.4, -0.2) is 42.0 Å². The molecule has 1 aliphatic rings. The van der Waals surface area contributed by atoms with Crippen LogP contribution < -0.4 is 11.1 Å². The Morgan fingerprint density at radius 1 is 1.20 bits per heavy atom. The van der Waals surface area contributed by atoms with Gasteiger partial charge in [0.15, 0.2) is 5.13 Å². The highest BCUT2D eigenvalue weighted by atomic mass is 32.1. The van der Waals surface area contributed by atoms with E-state index in [1.807, 2.05) is 18.2 Å². The number of thiazole rings is 1. The lowest BCUT2D eigenvalue weighted by atomic mass is 10.0. The van der Waals surface area contributed by atoms with Gasteiger partial charge in [0.25, 0.3) is 0 Å². The van der Waals surface area contributed by atoms with E-state index in [9.17, 15) is 4.79 Å². The molecule has 3 N–H and O–H groups in total. The van der Waals surface area contributed by atoms with Crippen LogP contribution in [0.1, 0.15) is 29.0 Å². The summed E-state index contributed by atoms with van der Waals surface area (Å²) in [4.78, 5) is 20.4. The van der Waals surface area contributed by atoms with Gasteiger partial charge < -0.3 is 11.1 Å². The summed E-state index contributed by atoms with van der Waals surface area (Å²) in [5.41, 5.74) is 8.16. The summed E-state index contributed by atoms with van der Waals surface area (Å²) in [6.45, 7) is 2.44. The SMILES string of the molecule is NCCN(CCc1ccccc1)CC(=O)Nc1nc2c(s1)CCCC2. The number of nitrogens with two attached hydrogens (primary N) is 1. The average Bonchev–Trinajstić information content (AvgIpc) is 3.03. The van der Waals surface area contributed by atoms with E-state index >= 15 is 0 Å². The Balaban J connectivity index is 1.52. The first-order valence-corrected chi connectivity index (χ1v) is 9.81. The van der Waals surface area contributed by atoms with Gasteiger partial charge >= 0.3 is 0 Å². The molecule has 1 aromatic carbocycles. The van der Waals surface area contributed by atoms with Crippen molar-refractivity contribution in [2.75, 3.05) is 31.5 Å². The van der Waals surface area contributed by atoms with Crippen molar-refractivity contribution in [2.24, 2.45) is 5.73 Å². The van der Waals surface area contributed by atoms with Crippen LogP contribution in [0.4, 0.5) is 5.13 Å². The molecule has 0 fully saturated rings. The molecule has 0 atom stereocenters. The maximum atomic E-state index is 12.4. The highest BCUT2D eigenvalue weighted by Crippen LogP contribution is 2.29. The second-order valence-corrected chi connectivity index (χ2v) is 7.53. The predicted octanol–water partition coefficient (Wildman–Crippen LogP) is 2.46. The van der Waals surface area contributed by atoms with E-state index in [0.717, 1.165) is 30.9 Å². The van der Waals surface area contributed by atoms with Gasteiger partial charge in [-0.2, -0.15) is 0 Å². The van der Waals surface area contributed by atoms with Crippen LogP contribution in [0.3, 0.4) is 0 Å². The van der Waals surface area contributed by atoms with Gasteiger partial charge in [0.2, 0.25) is 5.91 Å². The molecule has 1 aromatic heterocycles. The van der Waals surface area contributed by atoms with Gasteiger partial charge in [-0.3, -0.25) is 9.69 Å². The summed E-state index contributed by atoms with van der Waals surface area (Å²) in [5, 5.41) is 3.72. The number of carbonyl (C=O) groups is 1. The van der Waals surface area contributed by atoms with E-state index < -0.39 is 0 Å². The van der Waals surface area contributed by atoms with Crippen molar-refractivity contribution in [1.29, 1.82) is 0 Å². The Morgan fingerprint density at radius 3 is 2.76 bits per heavy atom. The van der Waals surface area contributed by atoms with Crippen LogP contribution in [-0.2, 0) is 24.1 Å². The number of hydrogen-bond acceptors (Lipinski definition) is 5. The summed E-state index contributed by atoms with van der Waals surface area (Å²) in [6.07, 6.45) is 5.48. The minimum absolute atomic E-state index is 0.00684. The average molecular weight is 359 g/mol. The lowest BCUT2D eigenvalue weighted by Gasteiger charge is -2.20. The monoisotopic (exact) mass is 358 g/mol. The smallest absolute Gasteiger partial charge is 0.240 e. The highest BCUT2D eigenvalue weighted by Gasteiger charge is 2.17. The van der Waals surface area contributed by atoms with Crippen molar-refractivity contribution in [3.05, 3.63) is 46.5 Å². The van der Waals surface area contributed by atoms with Crippen molar-refractivity contribution in [3.63, 3.8) is 0 Å². The number of aryl methyl sites for hydroxylation is 2. The van der Waals surface area contributed by atoms with E-state index in [4.69, 9.17) is 5.73 Å². The lowest BCUT2D eigenvalue weighted by molar-refractivity contribution is -0.117. The minimum Gasteiger partial charge on any atom is -0.329 e. The summed E-state index contributed by atoms with van der Waals surface area (Å²) < 4.78 is 0. The van der Waals surface area contributed by atoms with E-state index in [2.05, 4.69) is 27.3 Å². The number of nitrogens with zero attached hydrogens (tertiary/aromatic N) is 2. The zero-order valence-corrected chi connectivity index (χ0v) is 15.4. The van der Waals surface area contributed by atoms with Gasteiger partial charge in [-0.15, -0.1) is 11.3 Å². The van der Waals surface area contributed by atoms with E-state index in [1.165, 1.54) is 29.0 Å². The van der Waals surface area contributed by atoms with Crippen molar-refractivity contribution in [1.82, 2.24) is 9.88 Å². The van der Waals surface area contributed by atoms with E-state index in [1.54, 1.807) is 11.3 Å². The third kappa shape index (κ3) is 5.36. The fourth-order valence-electron chi connectivity index (χ4n) is 3.15. The Labute approximate surface area is 153 Å². The van der Waals surface area contributed by atoms with Gasteiger partial charge in [0, 0.05) is 24.5 Å². The first-order chi connectivity index (χ1) is 12.2. The number of amides is 1. The van der Waals surface area contributed by atoms with Gasteiger partial charge in [-0.05, 0) is 37.7 Å². The maximum absolute atomic E-state index is 12.4. The Hall–Kier alpha value is -1.76. The molecule has 1 heterocycles. The van der Waals surface area contributed by atoms with Gasteiger partial charge in [0.1, 0.15) is 0 Å². The molecule has 5 nitrogen and oxygen atoms in total. The number of rotatable bonds is 8. The van der Waals surface area contributed by atoms with Crippen LogP contribution in [0.25, 0.3) is 0 Å². The molecular weight excluding hydrogens is 332 g/mol. The van der Waals surface area contributed by atoms with Crippen LogP contribution in [0.2, 0.25) is 0 Å². The summed E-state index contributed by atoms with van der Waals surface area (Å²) >= 11 is 1.63. The fraction of sp³-hybridized carbons (Fsp3) is 0.474. The highest BCUT2D eigenvalue weighted by molar-refractivity contribution is 7.15. The molecule has 25 heavy (non-hydrogen) atoms. The molecule has 0 radical (unpaired) electrons. The topological polar surface area (TPSA) is 71.2 Å². The van der Waals surface area contributed by atoms with Gasteiger partial charge in [-0.1, -0.05) is 30.3 Å². The van der Waals surface area contributed by atoms with Crippen molar-refractivity contribution >= 4 is 22.4 Å². The third-order valence-corrected chi connectivity index (χ3v) is 5.54. The standard InChI is InChI=1S/C19H26N4OS/c20-11-13-23(12-10-15-6-2-1-3-7-15)14-18(24)22-19-21-16-8-4-5-9-17(16)25-19/h1-3,6-7H,4-5,8-14,20H2,(H,21,22,24). The molecule has 1 aliphatic carbocycles. The second-order valence-electron chi connectivity index (χ2n) is 6.44. The Bertz CT molecular complexity index is 662. The number of nitrogens with one attached hydrogen (secondary N) is 1. The quantitative estimate of drug-likeness (QED) is 0.760.